The summed E-state index contributed by atoms with van der Waals surface area (Å²) in [6.45, 7) is 2.37. The number of nitrogens with one attached hydrogen (secondary N) is 2. The zero-order valence-corrected chi connectivity index (χ0v) is 15.7. The monoisotopic (exact) mass is 370 g/mol. The van der Waals surface area contributed by atoms with Crippen LogP contribution >= 0.6 is 11.6 Å². The molecule has 6 heteroatoms. The maximum absolute atomic E-state index is 11.9. The van der Waals surface area contributed by atoms with Crippen LogP contribution in [0.2, 0.25) is 5.02 Å². The Hall–Kier alpha value is -1.85. The van der Waals surface area contributed by atoms with Crippen LogP contribution in [0.25, 0.3) is 11.3 Å². The molecule has 2 aromatic rings. The van der Waals surface area contributed by atoms with Crippen molar-refractivity contribution in [2.75, 3.05) is 25.0 Å². The van der Waals surface area contributed by atoms with E-state index in [4.69, 9.17) is 11.6 Å². The summed E-state index contributed by atoms with van der Waals surface area (Å²) in [4.78, 5) is 13.6. The third kappa shape index (κ3) is 2.41. The van der Waals surface area contributed by atoms with Gasteiger partial charge in [0.25, 0.3) is 0 Å². The highest BCUT2D eigenvalue weighted by Crippen LogP contribution is 2.50. The molecule has 5 rings (SSSR count). The number of carbonyl (C=O) groups is 1. The van der Waals surface area contributed by atoms with Gasteiger partial charge in [-0.05, 0) is 60.3 Å². The van der Waals surface area contributed by atoms with Crippen molar-refractivity contribution < 1.29 is 4.79 Å². The largest absolute Gasteiger partial charge is 0.316 e. The van der Waals surface area contributed by atoms with Crippen molar-refractivity contribution in [2.45, 2.75) is 32.1 Å². The third-order valence-corrected chi connectivity index (χ3v) is 6.90. The maximum atomic E-state index is 11.9. The highest BCUT2D eigenvalue weighted by atomic mass is 35.5. The molecule has 0 unspecified atom stereocenters. The van der Waals surface area contributed by atoms with Gasteiger partial charge in [-0.15, -0.1) is 0 Å². The number of aromatic nitrogens is 2. The molecule has 1 amide bonds. The van der Waals surface area contributed by atoms with E-state index in [0.29, 0.717) is 18.3 Å². The normalized spacial score (nSPS) is 21.5. The number of aromatic amines is 1. The summed E-state index contributed by atoms with van der Waals surface area (Å²) >= 11 is 6.76. The highest BCUT2D eigenvalue weighted by Gasteiger charge is 2.48. The van der Waals surface area contributed by atoms with Crippen molar-refractivity contribution in [1.82, 2.24) is 15.5 Å². The molecule has 26 heavy (non-hydrogen) atoms. The lowest BCUT2D eigenvalue weighted by Gasteiger charge is -2.54. The van der Waals surface area contributed by atoms with Gasteiger partial charge in [-0.25, -0.2) is 0 Å². The number of benzene rings is 1. The van der Waals surface area contributed by atoms with Gasteiger partial charge in [0, 0.05) is 44.0 Å². The number of rotatable bonds is 3. The summed E-state index contributed by atoms with van der Waals surface area (Å²) in [6, 6.07) is 4.01. The van der Waals surface area contributed by atoms with Crippen LogP contribution in [-0.2, 0) is 17.6 Å². The van der Waals surface area contributed by atoms with Crippen molar-refractivity contribution in [1.29, 1.82) is 0 Å². The molecular weight excluding hydrogens is 348 g/mol. The Morgan fingerprint density at radius 1 is 1.31 bits per heavy atom. The van der Waals surface area contributed by atoms with E-state index in [1.54, 1.807) is 4.90 Å². The Kier molecular flexibility index (Phi) is 3.66. The number of halogens is 1. The summed E-state index contributed by atoms with van der Waals surface area (Å²) in [5, 5.41) is 11.7. The first kappa shape index (κ1) is 16.3. The fourth-order valence-corrected chi connectivity index (χ4v) is 5.31. The number of hydrogen-bond acceptors (Lipinski definition) is 3. The van der Waals surface area contributed by atoms with Gasteiger partial charge < -0.3 is 10.2 Å². The van der Waals surface area contributed by atoms with Gasteiger partial charge >= 0.3 is 0 Å². The molecule has 0 atom stereocenters. The lowest BCUT2D eigenvalue weighted by molar-refractivity contribution is -0.118. The molecule has 1 aromatic heterocycles. The highest BCUT2D eigenvalue weighted by molar-refractivity contribution is 6.34. The SMILES string of the molecule is CN1C(=O)CCc2c1ccc(-c1n[nH]cc1CC1CC3(CNC3)C1)c2Cl. The van der Waals surface area contributed by atoms with E-state index in [9.17, 15) is 4.79 Å². The molecule has 1 aliphatic carbocycles. The minimum atomic E-state index is 0.145. The van der Waals surface area contributed by atoms with Gasteiger partial charge in [0.05, 0.1) is 10.7 Å². The molecule has 2 aliphatic heterocycles. The molecule has 0 bridgehead atoms. The number of carbonyl (C=O) groups excluding carboxylic acids is 1. The van der Waals surface area contributed by atoms with E-state index in [0.717, 1.165) is 39.9 Å². The van der Waals surface area contributed by atoms with Gasteiger partial charge in [-0.1, -0.05) is 11.6 Å². The Morgan fingerprint density at radius 2 is 2.12 bits per heavy atom. The number of H-pyrrole nitrogens is 1. The zero-order valence-electron chi connectivity index (χ0n) is 14.9. The predicted molar refractivity (Wildman–Crippen MR) is 102 cm³/mol. The van der Waals surface area contributed by atoms with Gasteiger partial charge in [-0.2, -0.15) is 5.10 Å². The second-order valence-electron chi connectivity index (χ2n) is 8.22. The van der Waals surface area contributed by atoms with Crippen LogP contribution in [-0.4, -0.2) is 36.2 Å². The Bertz CT molecular complexity index is 878. The van der Waals surface area contributed by atoms with Crippen LogP contribution < -0.4 is 10.2 Å². The van der Waals surface area contributed by atoms with Gasteiger partial charge in [0.1, 0.15) is 0 Å². The van der Waals surface area contributed by atoms with Crippen molar-refractivity contribution >= 4 is 23.2 Å². The van der Waals surface area contributed by atoms with Crippen molar-refractivity contribution in [3.8, 4) is 11.3 Å². The second kappa shape index (κ2) is 5.83. The van der Waals surface area contributed by atoms with E-state index in [2.05, 4.69) is 15.5 Å². The number of hydrogen-bond donors (Lipinski definition) is 2. The lowest BCUT2D eigenvalue weighted by atomic mass is 9.57. The lowest BCUT2D eigenvalue weighted by Crippen LogP contribution is -2.60. The number of amides is 1. The standard InChI is InChI=1S/C20H23ClN4O/c1-25-16-4-2-15(18(21)14(16)3-5-17(25)26)19-13(9-23-24-19)6-12-7-20(8-12)10-22-11-20/h2,4,9,12,22H,3,5-8,10-11H2,1H3,(H,23,24). The van der Waals surface area contributed by atoms with Crippen LogP contribution in [0.3, 0.4) is 0 Å². The van der Waals surface area contributed by atoms with E-state index < -0.39 is 0 Å². The molecule has 5 nitrogen and oxygen atoms in total. The second-order valence-corrected chi connectivity index (χ2v) is 8.60. The van der Waals surface area contributed by atoms with Gasteiger partial charge in [-0.3, -0.25) is 9.89 Å². The summed E-state index contributed by atoms with van der Waals surface area (Å²) in [7, 11) is 1.82. The fourth-order valence-electron chi connectivity index (χ4n) is 4.97. The molecule has 1 saturated carbocycles. The first-order chi connectivity index (χ1) is 12.6. The first-order valence-electron chi connectivity index (χ1n) is 9.38. The van der Waals surface area contributed by atoms with E-state index in [-0.39, 0.29) is 5.91 Å². The quantitative estimate of drug-likeness (QED) is 0.872. The summed E-state index contributed by atoms with van der Waals surface area (Å²) in [5.74, 6) is 0.889. The van der Waals surface area contributed by atoms with E-state index >= 15 is 0 Å². The molecule has 2 N–H and O–H groups in total. The van der Waals surface area contributed by atoms with Crippen LogP contribution in [0.15, 0.2) is 18.3 Å². The Labute approximate surface area is 158 Å². The van der Waals surface area contributed by atoms with E-state index in [1.807, 2.05) is 25.4 Å². The topological polar surface area (TPSA) is 61.0 Å². The van der Waals surface area contributed by atoms with Crippen molar-refractivity contribution in [3.05, 3.63) is 34.5 Å². The predicted octanol–water partition coefficient (Wildman–Crippen LogP) is 3.18. The molecule has 3 heterocycles. The zero-order chi connectivity index (χ0) is 17.9. The molecule has 2 fully saturated rings. The minimum absolute atomic E-state index is 0.145. The fraction of sp³-hybridized carbons (Fsp3) is 0.500. The number of anilines is 1. The molecule has 136 valence electrons. The minimum Gasteiger partial charge on any atom is -0.316 e. The number of fused-ring (bicyclic) bond motifs is 1. The van der Waals surface area contributed by atoms with Crippen molar-refractivity contribution in [3.63, 3.8) is 0 Å². The maximum Gasteiger partial charge on any atom is 0.227 e. The van der Waals surface area contributed by atoms with Gasteiger partial charge in [0.15, 0.2) is 0 Å². The van der Waals surface area contributed by atoms with Crippen LogP contribution in [0.4, 0.5) is 5.69 Å². The van der Waals surface area contributed by atoms with E-state index in [1.165, 1.54) is 31.5 Å². The molecule has 0 radical (unpaired) electrons. The average molecular weight is 371 g/mol. The molecule has 1 saturated heterocycles. The van der Waals surface area contributed by atoms with Crippen molar-refractivity contribution in [2.24, 2.45) is 11.3 Å². The Balaban J connectivity index is 1.42. The summed E-state index contributed by atoms with van der Waals surface area (Å²) in [5.41, 5.74) is 5.76. The number of nitrogens with zero attached hydrogens (tertiary/aromatic N) is 2. The summed E-state index contributed by atoms with van der Waals surface area (Å²) < 4.78 is 0. The average Bonchev–Trinajstić information content (AvgIpc) is 3.00. The first-order valence-corrected chi connectivity index (χ1v) is 9.76. The Morgan fingerprint density at radius 3 is 2.85 bits per heavy atom. The smallest absolute Gasteiger partial charge is 0.227 e. The van der Waals surface area contributed by atoms with Crippen LogP contribution in [0.1, 0.15) is 30.4 Å². The molecule has 3 aliphatic rings. The van der Waals surface area contributed by atoms with Gasteiger partial charge in [0.2, 0.25) is 5.91 Å². The molecule has 1 aromatic carbocycles. The van der Waals surface area contributed by atoms with Crippen LogP contribution in [0, 0.1) is 11.3 Å². The molecular formula is C20H23ClN4O. The summed E-state index contributed by atoms with van der Waals surface area (Å²) in [6.07, 6.45) is 6.91. The third-order valence-electron chi connectivity index (χ3n) is 6.47. The van der Waals surface area contributed by atoms with Crippen LogP contribution in [0.5, 0.6) is 0 Å². The molecule has 1 spiro atoms.